The second-order valence-electron chi connectivity index (χ2n) is 5.20. The van der Waals surface area contributed by atoms with Gasteiger partial charge in [0.05, 0.1) is 6.04 Å². The van der Waals surface area contributed by atoms with Crippen LogP contribution < -0.4 is 16.2 Å². The predicted molar refractivity (Wildman–Crippen MR) is 86.3 cm³/mol. The summed E-state index contributed by atoms with van der Waals surface area (Å²) >= 11 is 0. The van der Waals surface area contributed by atoms with Gasteiger partial charge in [-0.3, -0.25) is 10.1 Å². The lowest BCUT2D eigenvalue weighted by molar-refractivity contribution is 0.247. The van der Waals surface area contributed by atoms with Crippen molar-refractivity contribution in [3.05, 3.63) is 58.8 Å². The van der Waals surface area contributed by atoms with Crippen LogP contribution in [0.4, 0.5) is 10.6 Å². The smallest absolute Gasteiger partial charge is 0.321 e. The van der Waals surface area contributed by atoms with E-state index in [0.29, 0.717) is 5.76 Å². The van der Waals surface area contributed by atoms with E-state index in [0.717, 1.165) is 11.0 Å². The third-order valence-electron chi connectivity index (χ3n) is 3.47. The molecular formula is C16H16N4O3. The highest BCUT2D eigenvalue weighted by atomic mass is 16.3. The molecule has 0 radical (unpaired) electrons. The molecular weight excluding hydrogens is 296 g/mol. The maximum absolute atomic E-state index is 12.0. The van der Waals surface area contributed by atoms with Crippen molar-refractivity contribution in [1.82, 2.24) is 14.9 Å². The summed E-state index contributed by atoms with van der Waals surface area (Å²) in [5, 5.41) is 6.14. The van der Waals surface area contributed by atoms with Gasteiger partial charge in [-0.15, -0.1) is 0 Å². The molecule has 0 saturated carbocycles. The molecule has 0 aliphatic carbocycles. The second kappa shape index (κ2) is 5.96. The van der Waals surface area contributed by atoms with Gasteiger partial charge in [0, 0.05) is 24.8 Å². The molecule has 23 heavy (non-hydrogen) atoms. The van der Waals surface area contributed by atoms with Gasteiger partial charge in [0.2, 0.25) is 5.82 Å². The fraction of sp³-hybridized carbons (Fsp3) is 0.188. The van der Waals surface area contributed by atoms with Gasteiger partial charge in [-0.2, -0.15) is 0 Å². The summed E-state index contributed by atoms with van der Waals surface area (Å²) in [6, 6.07) is 8.61. The van der Waals surface area contributed by atoms with E-state index >= 15 is 0 Å². The Balaban J connectivity index is 1.72. The van der Waals surface area contributed by atoms with Crippen molar-refractivity contribution < 1.29 is 9.21 Å². The number of anilines is 1. The first-order valence-corrected chi connectivity index (χ1v) is 7.12. The van der Waals surface area contributed by atoms with Crippen LogP contribution in [-0.4, -0.2) is 15.6 Å². The topological polar surface area (TPSA) is 89.2 Å². The lowest BCUT2D eigenvalue weighted by Crippen LogP contribution is -2.34. The van der Waals surface area contributed by atoms with Crippen molar-refractivity contribution in [2.24, 2.45) is 7.05 Å². The minimum absolute atomic E-state index is 0.0238. The first-order chi connectivity index (χ1) is 11.0. The summed E-state index contributed by atoms with van der Waals surface area (Å²) in [7, 11) is 1.59. The second-order valence-corrected chi connectivity index (χ2v) is 5.20. The molecule has 0 bridgehead atoms. The molecule has 0 spiro atoms. The van der Waals surface area contributed by atoms with Crippen molar-refractivity contribution in [3.63, 3.8) is 0 Å². The number of carbonyl (C=O) groups is 1. The Morgan fingerprint density at radius 1 is 1.35 bits per heavy atom. The molecule has 7 nitrogen and oxygen atoms in total. The van der Waals surface area contributed by atoms with E-state index < -0.39 is 6.03 Å². The maximum Gasteiger partial charge on any atom is 0.321 e. The van der Waals surface area contributed by atoms with Gasteiger partial charge in [0.25, 0.3) is 5.56 Å². The van der Waals surface area contributed by atoms with Crippen LogP contribution >= 0.6 is 0 Å². The first kappa shape index (κ1) is 14.8. The number of rotatable bonds is 3. The zero-order valence-corrected chi connectivity index (χ0v) is 12.7. The van der Waals surface area contributed by atoms with Crippen LogP contribution in [0.25, 0.3) is 11.0 Å². The highest BCUT2D eigenvalue weighted by Crippen LogP contribution is 2.23. The Hall–Kier alpha value is -3.09. The summed E-state index contributed by atoms with van der Waals surface area (Å²) in [5.41, 5.74) is 0.384. The lowest BCUT2D eigenvalue weighted by Gasteiger charge is -2.12. The number of urea groups is 1. The minimum atomic E-state index is -0.520. The molecule has 0 aliphatic rings. The number of nitrogens with one attached hydrogen (secondary N) is 2. The molecule has 0 fully saturated rings. The zero-order chi connectivity index (χ0) is 16.4. The number of nitrogens with zero attached hydrogens (tertiary/aromatic N) is 2. The van der Waals surface area contributed by atoms with E-state index in [4.69, 9.17) is 4.42 Å². The summed E-state index contributed by atoms with van der Waals surface area (Å²) < 4.78 is 7.04. The number of hydrogen-bond acceptors (Lipinski definition) is 4. The number of aromatic nitrogens is 2. The SMILES string of the molecule is C[C@H](NC(=O)Nc1nccn(C)c1=O)c1cc2ccccc2o1. The molecule has 3 rings (SSSR count). The average molecular weight is 312 g/mol. The van der Waals surface area contributed by atoms with Gasteiger partial charge in [0.1, 0.15) is 11.3 Å². The summed E-state index contributed by atoms with van der Waals surface area (Å²) in [6.45, 7) is 1.80. The molecule has 0 unspecified atom stereocenters. The fourth-order valence-electron chi connectivity index (χ4n) is 2.21. The Labute approximate surface area is 131 Å². The van der Waals surface area contributed by atoms with Crippen LogP contribution in [0.3, 0.4) is 0 Å². The Morgan fingerprint density at radius 2 is 2.13 bits per heavy atom. The minimum Gasteiger partial charge on any atom is -0.459 e. The van der Waals surface area contributed by atoms with Crippen LogP contribution in [0.1, 0.15) is 18.7 Å². The standard InChI is InChI=1S/C16H16N4O3/c1-10(13-9-11-5-3-4-6-12(11)23-13)18-16(22)19-14-15(21)20(2)8-7-17-14/h3-10H,1-2H3,(H2,17,18,19,22)/t10-/m0/s1. The van der Waals surface area contributed by atoms with Crippen molar-refractivity contribution in [3.8, 4) is 0 Å². The molecule has 2 aromatic heterocycles. The van der Waals surface area contributed by atoms with Gasteiger partial charge < -0.3 is 14.3 Å². The third kappa shape index (κ3) is 3.08. The largest absolute Gasteiger partial charge is 0.459 e. The molecule has 1 atom stereocenters. The van der Waals surface area contributed by atoms with Crippen molar-refractivity contribution in [2.75, 3.05) is 5.32 Å². The molecule has 0 saturated heterocycles. The fourth-order valence-corrected chi connectivity index (χ4v) is 2.21. The lowest BCUT2D eigenvalue weighted by atomic mass is 10.2. The number of benzene rings is 1. The molecule has 2 amide bonds. The zero-order valence-electron chi connectivity index (χ0n) is 12.7. The molecule has 2 N–H and O–H groups in total. The predicted octanol–water partition coefficient (Wildman–Crippen LogP) is 2.41. The number of furan rings is 1. The van der Waals surface area contributed by atoms with Gasteiger partial charge in [-0.05, 0) is 19.1 Å². The molecule has 0 aliphatic heterocycles. The molecule has 118 valence electrons. The van der Waals surface area contributed by atoms with Crippen LogP contribution in [0.5, 0.6) is 0 Å². The van der Waals surface area contributed by atoms with Crippen LogP contribution in [0.15, 0.2) is 51.9 Å². The van der Waals surface area contributed by atoms with Gasteiger partial charge >= 0.3 is 6.03 Å². The molecule has 3 aromatic rings. The number of fused-ring (bicyclic) bond motifs is 1. The van der Waals surface area contributed by atoms with Gasteiger partial charge in [0.15, 0.2) is 0 Å². The van der Waals surface area contributed by atoms with E-state index in [1.807, 2.05) is 30.3 Å². The summed E-state index contributed by atoms with van der Waals surface area (Å²) in [4.78, 5) is 27.7. The number of amides is 2. The average Bonchev–Trinajstić information content (AvgIpc) is 2.96. The van der Waals surface area contributed by atoms with Gasteiger partial charge in [-0.25, -0.2) is 9.78 Å². The highest BCUT2D eigenvalue weighted by Gasteiger charge is 2.15. The van der Waals surface area contributed by atoms with Crippen molar-refractivity contribution >= 4 is 22.8 Å². The number of para-hydroxylation sites is 1. The molecule has 2 heterocycles. The van der Waals surface area contributed by atoms with Crippen molar-refractivity contribution in [2.45, 2.75) is 13.0 Å². The Kier molecular flexibility index (Phi) is 3.84. The van der Waals surface area contributed by atoms with Crippen LogP contribution in [-0.2, 0) is 7.05 Å². The Morgan fingerprint density at radius 3 is 2.91 bits per heavy atom. The van der Waals surface area contributed by atoms with E-state index in [1.54, 1.807) is 14.0 Å². The monoisotopic (exact) mass is 312 g/mol. The highest BCUT2D eigenvalue weighted by molar-refractivity contribution is 5.88. The molecule has 1 aromatic carbocycles. The molecule has 7 heteroatoms. The number of aryl methyl sites for hydroxylation is 1. The van der Waals surface area contributed by atoms with E-state index in [2.05, 4.69) is 15.6 Å². The van der Waals surface area contributed by atoms with Crippen LogP contribution in [0, 0.1) is 0 Å². The van der Waals surface area contributed by atoms with Crippen molar-refractivity contribution in [1.29, 1.82) is 0 Å². The normalized spacial score (nSPS) is 12.1. The first-order valence-electron chi connectivity index (χ1n) is 7.12. The maximum atomic E-state index is 12.0. The van der Waals surface area contributed by atoms with E-state index in [1.165, 1.54) is 17.0 Å². The van der Waals surface area contributed by atoms with Crippen LogP contribution in [0.2, 0.25) is 0 Å². The summed E-state index contributed by atoms with van der Waals surface area (Å²) in [5.74, 6) is 0.611. The number of carbonyl (C=O) groups excluding carboxylic acids is 1. The third-order valence-corrected chi connectivity index (χ3v) is 3.47. The number of hydrogen-bond donors (Lipinski definition) is 2. The Bertz CT molecular complexity index is 880. The van der Waals surface area contributed by atoms with E-state index in [9.17, 15) is 9.59 Å². The van der Waals surface area contributed by atoms with E-state index in [-0.39, 0.29) is 17.4 Å². The quantitative estimate of drug-likeness (QED) is 0.777. The summed E-state index contributed by atoms with van der Waals surface area (Å²) in [6.07, 6.45) is 2.96. The van der Waals surface area contributed by atoms with Gasteiger partial charge in [-0.1, -0.05) is 18.2 Å².